The van der Waals surface area contributed by atoms with E-state index in [1.807, 2.05) is 13.0 Å². The standard InChI is InChI=1S/C22H23N5O3/c1-3-30-19-12-10-17(11-13-19)26(15-7-14-23)22(29)20-24-16(2)21(28)27(25-20)18-8-5-4-6-9-18/h4-6,8-13,16H,3,7,15H2,1-2H3,(H,24,25). The largest absolute Gasteiger partial charge is 0.494 e. The molecule has 0 aliphatic carbocycles. The number of benzene rings is 2. The fourth-order valence-corrected chi connectivity index (χ4v) is 3.02. The number of nitrogens with zero attached hydrogens (tertiary/aromatic N) is 4. The number of nitriles is 1. The molecule has 1 unspecified atom stereocenters. The molecule has 2 amide bonds. The van der Waals surface area contributed by atoms with Crippen LogP contribution in [0.4, 0.5) is 11.4 Å². The van der Waals surface area contributed by atoms with Gasteiger partial charge in [-0.2, -0.15) is 5.26 Å². The van der Waals surface area contributed by atoms with Crippen molar-refractivity contribution in [2.75, 3.05) is 23.1 Å². The van der Waals surface area contributed by atoms with E-state index in [0.717, 1.165) is 0 Å². The third kappa shape index (κ3) is 4.58. The molecular formula is C22H23N5O3. The zero-order chi connectivity index (χ0) is 21.5. The lowest BCUT2D eigenvalue weighted by atomic mass is 10.2. The summed E-state index contributed by atoms with van der Waals surface area (Å²) in [5, 5.41) is 10.4. The van der Waals surface area contributed by atoms with Crippen LogP contribution in [0.25, 0.3) is 0 Å². The van der Waals surface area contributed by atoms with Crippen LogP contribution < -0.4 is 20.1 Å². The number of amides is 2. The van der Waals surface area contributed by atoms with E-state index < -0.39 is 11.9 Å². The first-order chi connectivity index (χ1) is 14.5. The zero-order valence-corrected chi connectivity index (χ0v) is 16.9. The molecule has 1 N–H and O–H groups in total. The fourth-order valence-electron chi connectivity index (χ4n) is 3.02. The smallest absolute Gasteiger partial charge is 0.295 e. The number of hydrogen-bond donors (Lipinski definition) is 1. The van der Waals surface area contributed by atoms with Gasteiger partial charge in [-0.25, -0.2) is 10.0 Å². The summed E-state index contributed by atoms with van der Waals surface area (Å²) in [6.45, 7) is 4.27. The number of nitrogens with one attached hydrogen (secondary N) is 1. The lowest BCUT2D eigenvalue weighted by molar-refractivity contribution is -0.120. The highest BCUT2D eigenvalue weighted by molar-refractivity contribution is 6.44. The van der Waals surface area contributed by atoms with E-state index in [4.69, 9.17) is 10.00 Å². The lowest BCUT2D eigenvalue weighted by Crippen LogP contribution is -2.58. The third-order valence-corrected chi connectivity index (χ3v) is 4.49. The quantitative estimate of drug-likeness (QED) is 0.764. The Hall–Kier alpha value is -3.86. The Balaban J connectivity index is 1.88. The molecule has 0 bridgehead atoms. The number of hydrogen-bond acceptors (Lipinski definition) is 6. The van der Waals surface area contributed by atoms with Crippen molar-refractivity contribution in [1.82, 2.24) is 5.43 Å². The maximum Gasteiger partial charge on any atom is 0.295 e. The topological polar surface area (TPSA) is 98.0 Å². The van der Waals surface area contributed by atoms with Crippen LogP contribution in [-0.4, -0.2) is 36.8 Å². The van der Waals surface area contributed by atoms with E-state index in [9.17, 15) is 9.59 Å². The first-order valence-electron chi connectivity index (χ1n) is 9.70. The second-order valence-electron chi connectivity index (χ2n) is 6.57. The number of aliphatic imine (C=N–C) groups is 1. The molecule has 1 atom stereocenters. The summed E-state index contributed by atoms with van der Waals surface area (Å²) in [6, 6.07) is 17.4. The highest BCUT2D eigenvalue weighted by Gasteiger charge is 2.33. The minimum Gasteiger partial charge on any atom is -0.494 e. The van der Waals surface area contributed by atoms with Crippen LogP contribution in [0.3, 0.4) is 0 Å². The number of rotatable bonds is 7. The van der Waals surface area contributed by atoms with Crippen molar-refractivity contribution in [1.29, 1.82) is 5.26 Å². The molecule has 0 saturated carbocycles. The Morgan fingerprint density at radius 2 is 1.93 bits per heavy atom. The minimum atomic E-state index is -0.719. The average molecular weight is 405 g/mol. The molecule has 8 nitrogen and oxygen atoms in total. The number of ether oxygens (including phenoxy) is 1. The molecule has 8 heteroatoms. The van der Waals surface area contributed by atoms with Crippen LogP contribution in [0, 0.1) is 11.3 Å². The summed E-state index contributed by atoms with van der Waals surface area (Å²) < 4.78 is 5.45. The number of carbonyl (C=O) groups excluding carboxylic acids is 2. The van der Waals surface area contributed by atoms with Crippen molar-refractivity contribution in [3.8, 4) is 11.8 Å². The molecule has 0 radical (unpaired) electrons. The molecule has 3 rings (SSSR count). The highest BCUT2D eigenvalue weighted by Crippen LogP contribution is 2.22. The Bertz CT molecular complexity index is 967. The molecule has 0 fully saturated rings. The molecule has 2 aromatic carbocycles. The molecule has 1 aliphatic rings. The van der Waals surface area contributed by atoms with Crippen LogP contribution in [0.15, 0.2) is 59.6 Å². The van der Waals surface area contributed by atoms with Gasteiger partial charge in [0.25, 0.3) is 11.8 Å². The Morgan fingerprint density at radius 1 is 1.23 bits per heavy atom. The molecule has 154 valence electrons. The SMILES string of the molecule is CCOc1ccc(N(CCC#N)C(=O)C2=NC(C)C(=O)N(c3ccccc3)N2)cc1. The van der Waals surface area contributed by atoms with Crippen molar-refractivity contribution >= 4 is 29.0 Å². The summed E-state index contributed by atoms with van der Waals surface area (Å²) in [5.41, 5.74) is 4.06. The number of carbonyl (C=O) groups is 2. The van der Waals surface area contributed by atoms with E-state index in [1.54, 1.807) is 55.5 Å². The van der Waals surface area contributed by atoms with Crippen LogP contribution in [-0.2, 0) is 9.59 Å². The summed E-state index contributed by atoms with van der Waals surface area (Å²) in [7, 11) is 0. The first-order valence-corrected chi connectivity index (χ1v) is 9.70. The molecule has 2 aromatic rings. The predicted molar refractivity (Wildman–Crippen MR) is 114 cm³/mol. The van der Waals surface area contributed by atoms with Crippen LogP contribution in [0.5, 0.6) is 5.75 Å². The number of hydrazine groups is 1. The van der Waals surface area contributed by atoms with Crippen molar-refractivity contribution in [2.24, 2.45) is 4.99 Å². The van der Waals surface area contributed by atoms with Gasteiger partial charge in [-0.05, 0) is 50.2 Å². The maximum absolute atomic E-state index is 13.3. The molecule has 0 spiro atoms. The Morgan fingerprint density at radius 3 is 2.57 bits per heavy atom. The lowest BCUT2D eigenvalue weighted by Gasteiger charge is -2.32. The van der Waals surface area contributed by atoms with Crippen LogP contribution in [0.2, 0.25) is 0 Å². The summed E-state index contributed by atoms with van der Waals surface area (Å²) in [4.78, 5) is 31.6. The van der Waals surface area contributed by atoms with E-state index in [1.165, 1.54) is 9.91 Å². The fraction of sp³-hybridized carbons (Fsp3) is 0.273. The van der Waals surface area contributed by atoms with Gasteiger partial charge in [-0.1, -0.05) is 18.2 Å². The molecule has 1 aliphatic heterocycles. The molecule has 30 heavy (non-hydrogen) atoms. The van der Waals surface area contributed by atoms with Gasteiger partial charge in [0.05, 0.1) is 24.8 Å². The van der Waals surface area contributed by atoms with Gasteiger partial charge in [0.1, 0.15) is 11.8 Å². The number of anilines is 2. The van der Waals surface area contributed by atoms with E-state index in [-0.39, 0.29) is 24.7 Å². The van der Waals surface area contributed by atoms with E-state index >= 15 is 0 Å². The number of para-hydroxylation sites is 1. The zero-order valence-electron chi connectivity index (χ0n) is 16.9. The second-order valence-corrected chi connectivity index (χ2v) is 6.57. The predicted octanol–water partition coefficient (Wildman–Crippen LogP) is 2.67. The van der Waals surface area contributed by atoms with Gasteiger partial charge in [0.15, 0.2) is 0 Å². The Labute approximate surface area is 175 Å². The second kappa shape index (κ2) is 9.56. The van der Waals surface area contributed by atoms with Gasteiger partial charge in [-0.3, -0.25) is 15.0 Å². The average Bonchev–Trinajstić information content (AvgIpc) is 2.77. The third-order valence-electron chi connectivity index (χ3n) is 4.49. The van der Waals surface area contributed by atoms with Crippen molar-refractivity contribution in [3.63, 3.8) is 0 Å². The van der Waals surface area contributed by atoms with E-state index in [2.05, 4.69) is 16.5 Å². The normalized spacial score (nSPS) is 15.6. The molecule has 0 saturated heterocycles. The van der Waals surface area contributed by atoms with Gasteiger partial charge >= 0.3 is 0 Å². The summed E-state index contributed by atoms with van der Waals surface area (Å²) >= 11 is 0. The monoisotopic (exact) mass is 405 g/mol. The van der Waals surface area contributed by atoms with Gasteiger partial charge in [-0.15, -0.1) is 0 Å². The number of amidine groups is 1. The highest BCUT2D eigenvalue weighted by atomic mass is 16.5. The molecular weight excluding hydrogens is 382 g/mol. The van der Waals surface area contributed by atoms with Gasteiger partial charge in [0.2, 0.25) is 5.84 Å². The Kier molecular flexibility index (Phi) is 6.65. The van der Waals surface area contributed by atoms with Crippen LogP contribution in [0.1, 0.15) is 20.3 Å². The van der Waals surface area contributed by atoms with Crippen molar-refractivity contribution in [2.45, 2.75) is 26.3 Å². The summed E-state index contributed by atoms with van der Waals surface area (Å²) in [5.74, 6) is 0.0476. The minimum absolute atomic E-state index is 0.0396. The maximum atomic E-state index is 13.3. The molecule has 1 heterocycles. The van der Waals surface area contributed by atoms with Crippen LogP contribution >= 0.6 is 0 Å². The molecule has 0 aromatic heterocycles. The first kappa shape index (κ1) is 20.9. The summed E-state index contributed by atoms with van der Waals surface area (Å²) in [6.07, 6.45) is 0.156. The van der Waals surface area contributed by atoms with E-state index in [0.29, 0.717) is 23.7 Å². The van der Waals surface area contributed by atoms with Gasteiger partial charge in [0, 0.05) is 12.2 Å². The van der Waals surface area contributed by atoms with Gasteiger partial charge < -0.3 is 9.64 Å². The van der Waals surface area contributed by atoms with Crippen molar-refractivity contribution < 1.29 is 14.3 Å². The van der Waals surface area contributed by atoms with Crippen molar-refractivity contribution in [3.05, 3.63) is 54.6 Å².